The lowest BCUT2D eigenvalue weighted by molar-refractivity contribution is 0.579. The first-order chi connectivity index (χ1) is 7.45. The molecule has 3 heteroatoms. The number of benzene rings is 1. The maximum atomic E-state index is 5.33. The standard InChI is InChI=1S/C12H8N2O/c1-2-5-10-9(4-1)8-13-14-12(10)11-6-3-7-15-11/h1-8H. The summed E-state index contributed by atoms with van der Waals surface area (Å²) in [7, 11) is 0. The molecule has 0 radical (unpaired) electrons. The molecule has 15 heavy (non-hydrogen) atoms. The van der Waals surface area contributed by atoms with Crippen molar-refractivity contribution in [2.45, 2.75) is 0 Å². The third-order valence-electron chi connectivity index (χ3n) is 2.33. The van der Waals surface area contributed by atoms with Gasteiger partial charge in [0.2, 0.25) is 0 Å². The monoisotopic (exact) mass is 196 g/mol. The van der Waals surface area contributed by atoms with E-state index < -0.39 is 0 Å². The Hall–Kier alpha value is -2.16. The van der Waals surface area contributed by atoms with Crippen molar-refractivity contribution in [2.24, 2.45) is 0 Å². The molecule has 0 aliphatic heterocycles. The summed E-state index contributed by atoms with van der Waals surface area (Å²) >= 11 is 0. The number of aromatic nitrogens is 2. The molecule has 1 aromatic carbocycles. The molecule has 0 N–H and O–H groups in total. The molecule has 0 saturated carbocycles. The molecular weight excluding hydrogens is 188 g/mol. The van der Waals surface area contributed by atoms with Crippen molar-refractivity contribution in [3.8, 4) is 11.5 Å². The largest absolute Gasteiger partial charge is 0.463 e. The van der Waals surface area contributed by atoms with Gasteiger partial charge in [0.05, 0.1) is 12.5 Å². The van der Waals surface area contributed by atoms with Gasteiger partial charge >= 0.3 is 0 Å². The van der Waals surface area contributed by atoms with Crippen molar-refractivity contribution in [3.05, 3.63) is 48.9 Å². The number of fused-ring (bicyclic) bond motifs is 1. The highest BCUT2D eigenvalue weighted by Gasteiger charge is 2.07. The predicted molar refractivity (Wildman–Crippen MR) is 57.2 cm³/mol. The highest BCUT2D eigenvalue weighted by molar-refractivity contribution is 5.92. The van der Waals surface area contributed by atoms with Crippen LogP contribution < -0.4 is 0 Å². The first kappa shape index (κ1) is 8.17. The van der Waals surface area contributed by atoms with E-state index in [1.165, 1.54) is 0 Å². The molecule has 2 aromatic heterocycles. The van der Waals surface area contributed by atoms with Gasteiger partial charge in [0.1, 0.15) is 5.69 Å². The molecule has 0 saturated heterocycles. The van der Waals surface area contributed by atoms with Gasteiger partial charge in [0, 0.05) is 10.8 Å². The van der Waals surface area contributed by atoms with Crippen LogP contribution in [0.15, 0.2) is 53.3 Å². The molecule has 0 spiro atoms. The maximum Gasteiger partial charge on any atom is 0.154 e. The van der Waals surface area contributed by atoms with Gasteiger partial charge in [-0.15, -0.1) is 5.10 Å². The zero-order valence-electron chi connectivity index (χ0n) is 7.92. The zero-order valence-corrected chi connectivity index (χ0v) is 7.92. The number of nitrogens with zero attached hydrogens (tertiary/aromatic N) is 2. The smallest absolute Gasteiger partial charge is 0.154 e. The van der Waals surface area contributed by atoms with Crippen molar-refractivity contribution >= 4 is 10.8 Å². The highest BCUT2D eigenvalue weighted by atomic mass is 16.3. The minimum absolute atomic E-state index is 0.749. The van der Waals surface area contributed by atoms with E-state index in [2.05, 4.69) is 10.2 Å². The molecule has 2 heterocycles. The van der Waals surface area contributed by atoms with Crippen LogP contribution in [0.4, 0.5) is 0 Å². The molecule has 0 fully saturated rings. The van der Waals surface area contributed by atoms with E-state index in [0.717, 1.165) is 22.2 Å². The Morgan fingerprint density at radius 1 is 1.00 bits per heavy atom. The lowest BCUT2D eigenvalue weighted by Crippen LogP contribution is -1.87. The van der Waals surface area contributed by atoms with Crippen molar-refractivity contribution in [1.29, 1.82) is 0 Å². The topological polar surface area (TPSA) is 38.9 Å². The van der Waals surface area contributed by atoms with Crippen molar-refractivity contribution in [1.82, 2.24) is 10.2 Å². The molecule has 72 valence electrons. The summed E-state index contributed by atoms with van der Waals surface area (Å²) in [5, 5.41) is 10.2. The molecule has 3 nitrogen and oxygen atoms in total. The minimum atomic E-state index is 0.749. The number of furan rings is 1. The third-order valence-corrected chi connectivity index (χ3v) is 2.33. The van der Waals surface area contributed by atoms with Gasteiger partial charge in [-0.1, -0.05) is 24.3 Å². The quantitative estimate of drug-likeness (QED) is 0.600. The second kappa shape index (κ2) is 3.20. The van der Waals surface area contributed by atoms with Gasteiger partial charge in [-0.2, -0.15) is 5.10 Å². The molecular formula is C12H8N2O. The van der Waals surface area contributed by atoms with E-state index in [-0.39, 0.29) is 0 Å². The molecule has 0 atom stereocenters. The van der Waals surface area contributed by atoms with Gasteiger partial charge in [-0.05, 0) is 12.1 Å². The Labute approximate surface area is 86.4 Å². The number of hydrogen-bond donors (Lipinski definition) is 0. The van der Waals surface area contributed by atoms with Crippen molar-refractivity contribution < 1.29 is 4.42 Å². The van der Waals surface area contributed by atoms with Crippen molar-refractivity contribution in [3.63, 3.8) is 0 Å². The van der Waals surface area contributed by atoms with E-state index in [4.69, 9.17) is 4.42 Å². The summed E-state index contributed by atoms with van der Waals surface area (Å²) in [5.41, 5.74) is 0.790. The van der Waals surface area contributed by atoms with E-state index in [1.54, 1.807) is 12.5 Å². The van der Waals surface area contributed by atoms with Crippen LogP contribution in [0, 0.1) is 0 Å². The number of rotatable bonds is 1. The highest BCUT2D eigenvalue weighted by Crippen LogP contribution is 2.25. The zero-order chi connectivity index (χ0) is 10.1. The first-order valence-corrected chi connectivity index (χ1v) is 4.69. The average molecular weight is 196 g/mol. The van der Waals surface area contributed by atoms with E-state index >= 15 is 0 Å². The Bertz CT molecular complexity index is 582. The SMILES string of the molecule is c1coc(-c2nncc3ccccc23)c1. The third kappa shape index (κ3) is 1.29. The normalized spacial score (nSPS) is 10.7. The molecule has 0 aliphatic carbocycles. The second-order valence-corrected chi connectivity index (χ2v) is 3.26. The Morgan fingerprint density at radius 3 is 2.80 bits per heavy atom. The fourth-order valence-corrected chi connectivity index (χ4v) is 1.62. The molecule has 0 bridgehead atoms. The summed E-state index contributed by atoms with van der Waals surface area (Å²) in [6.07, 6.45) is 3.39. The summed E-state index contributed by atoms with van der Waals surface area (Å²) < 4.78 is 5.33. The molecule has 0 unspecified atom stereocenters. The van der Waals surface area contributed by atoms with Gasteiger partial charge in [0.15, 0.2) is 5.76 Å². The van der Waals surface area contributed by atoms with Crippen LogP contribution in [0.25, 0.3) is 22.2 Å². The molecule has 0 amide bonds. The van der Waals surface area contributed by atoms with Crippen LogP contribution in [0.5, 0.6) is 0 Å². The minimum Gasteiger partial charge on any atom is -0.463 e. The molecule has 3 aromatic rings. The average Bonchev–Trinajstić information content (AvgIpc) is 2.82. The van der Waals surface area contributed by atoms with Crippen LogP contribution in [0.1, 0.15) is 0 Å². The van der Waals surface area contributed by atoms with Gasteiger partial charge in [-0.3, -0.25) is 0 Å². The Kier molecular flexibility index (Phi) is 1.75. The summed E-state index contributed by atoms with van der Waals surface area (Å²) in [6, 6.07) is 11.7. The Morgan fingerprint density at radius 2 is 1.93 bits per heavy atom. The van der Waals surface area contributed by atoms with E-state index in [0.29, 0.717) is 0 Å². The van der Waals surface area contributed by atoms with Gasteiger partial charge < -0.3 is 4.42 Å². The lowest BCUT2D eigenvalue weighted by Gasteiger charge is -2.00. The van der Waals surface area contributed by atoms with E-state index in [1.807, 2.05) is 36.4 Å². The molecule has 0 aliphatic rings. The molecule has 3 rings (SSSR count). The fourth-order valence-electron chi connectivity index (χ4n) is 1.62. The van der Waals surface area contributed by atoms with Crippen LogP contribution in [-0.2, 0) is 0 Å². The van der Waals surface area contributed by atoms with Crippen LogP contribution in [0.3, 0.4) is 0 Å². The summed E-state index contributed by atoms with van der Waals surface area (Å²) in [5.74, 6) is 0.749. The predicted octanol–water partition coefficient (Wildman–Crippen LogP) is 2.89. The van der Waals surface area contributed by atoms with Crippen molar-refractivity contribution in [2.75, 3.05) is 0 Å². The Balaban J connectivity index is 2.36. The van der Waals surface area contributed by atoms with Crippen LogP contribution in [-0.4, -0.2) is 10.2 Å². The second-order valence-electron chi connectivity index (χ2n) is 3.26. The number of hydrogen-bond acceptors (Lipinski definition) is 3. The summed E-state index contributed by atoms with van der Waals surface area (Å²) in [4.78, 5) is 0. The van der Waals surface area contributed by atoms with Crippen LogP contribution in [0.2, 0.25) is 0 Å². The lowest BCUT2D eigenvalue weighted by atomic mass is 10.1. The first-order valence-electron chi connectivity index (χ1n) is 4.69. The maximum absolute atomic E-state index is 5.33. The van der Waals surface area contributed by atoms with Crippen LogP contribution >= 0.6 is 0 Å². The van der Waals surface area contributed by atoms with Gasteiger partial charge in [0.25, 0.3) is 0 Å². The summed E-state index contributed by atoms with van der Waals surface area (Å²) in [6.45, 7) is 0. The van der Waals surface area contributed by atoms with E-state index in [9.17, 15) is 0 Å². The van der Waals surface area contributed by atoms with Gasteiger partial charge in [-0.25, -0.2) is 0 Å². The fraction of sp³-hybridized carbons (Fsp3) is 0.